The molecule has 0 aromatic carbocycles. The summed E-state index contributed by atoms with van der Waals surface area (Å²) in [6.07, 6.45) is 10.6. The van der Waals surface area contributed by atoms with Crippen molar-refractivity contribution in [2.75, 3.05) is 6.54 Å². The molecule has 0 unspecified atom stereocenters. The highest BCUT2D eigenvalue weighted by molar-refractivity contribution is 5.87. The predicted molar refractivity (Wildman–Crippen MR) is 76.6 cm³/mol. The number of allylic oxidation sites excluding steroid dienone is 1. The van der Waals surface area contributed by atoms with Gasteiger partial charge in [0, 0.05) is 6.54 Å². The Balaban J connectivity index is 1.54. The first-order chi connectivity index (χ1) is 10.2. The van der Waals surface area contributed by atoms with Crippen molar-refractivity contribution in [1.29, 1.82) is 0 Å². The van der Waals surface area contributed by atoms with E-state index in [1.807, 2.05) is 0 Å². The zero-order valence-corrected chi connectivity index (χ0v) is 12.0. The lowest BCUT2D eigenvalue weighted by Crippen LogP contribution is -2.42. The van der Waals surface area contributed by atoms with E-state index in [0.29, 0.717) is 6.54 Å². The molecule has 0 aromatic rings. The SMILES string of the molecule is O=C(NCCC1=CCCCC1)[C@@H]1[C@H](C(=O)O)[C@H]2C=C[C@H]1O2. The Morgan fingerprint density at radius 2 is 2.00 bits per heavy atom. The van der Waals surface area contributed by atoms with Crippen LogP contribution in [0.2, 0.25) is 0 Å². The first-order valence-electron chi connectivity index (χ1n) is 7.69. The summed E-state index contributed by atoms with van der Waals surface area (Å²) in [4.78, 5) is 23.6. The maximum absolute atomic E-state index is 12.3. The van der Waals surface area contributed by atoms with Gasteiger partial charge in [-0.3, -0.25) is 9.59 Å². The van der Waals surface area contributed by atoms with Crippen LogP contribution in [0.5, 0.6) is 0 Å². The molecule has 0 aromatic heterocycles. The van der Waals surface area contributed by atoms with Crippen LogP contribution in [0.25, 0.3) is 0 Å². The van der Waals surface area contributed by atoms with Crippen molar-refractivity contribution in [3.63, 3.8) is 0 Å². The summed E-state index contributed by atoms with van der Waals surface area (Å²) < 4.78 is 5.51. The van der Waals surface area contributed by atoms with Gasteiger partial charge >= 0.3 is 5.97 Å². The van der Waals surface area contributed by atoms with Crippen LogP contribution in [-0.4, -0.2) is 35.7 Å². The molecular weight excluding hydrogens is 270 g/mol. The molecule has 1 fully saturated rings. The second kappa shape index (κ2) is 6.02. The number of rotatable bonds is 5. The van der Waals surface area contributed by atoms with Gasteiger partial charge in [-0.25, -0.2) is 0 Å². The van der Waals surface area contributed by atoms with E-state index in [2.05, 4.69) is 11.4 Å². The maximum atomic E-state index is 12.3. The number of nitrogens with one attached hydrogen (secondary N) is 1. The van der Waals surface area contributed by atoms with Crippen LogP contribution in [0.3, 0.4) is 0 Å². The van der Waals surface area contributed by atoms with Gasteiger partial charge in [0.05, 0.1) is 18.1 Å². The molecule has 21 heavy (non-hydrogen) atoms. The molecule has 0 radical (unpaired) electrons. The van der Waals surface area contributed by atoms with Crippen LogP contribution >= 0.6 is 0 Å². The number of carbonyl (C=O) groups excluding carboxylic acids is 1. The number of fused-ring (bicyclic) bond motifs is 2. The third kappa shape index (κ3) is 2.88. The first-order valence-corrected chi connectivity index (χ1v) is 7.69. The molecule has 5 nitrogen and oxygen atoms in total. The highest BCUT2D eigenvalue weighted by Gasteiger charge is 2.53. The molecule has 1 saturated heterocycles. The molecule has 2 N–H and O–H groups in total. The van der Waals surface area contributed by atoms with Gasteiger partial charge in [0.25, 0.3) is 0 Å². The van der Waals surface area contributed by atoms with Gasteiger partial charge in [-0.05, 0) is 32.1 Å². The Morgan fingerprint density at radius 3 is 2.67 bits per heavy atom. The number of carboxylic acids is 1. The van der Waals surface area contributed by atoms with Crippen molar-refractivity contribution < 1.29 is 19.4 Å². The van der Waals surface area contributed by atoms with Crippen molar-refractivity contribution in [2.45, 2.75) is 44.3 Å². The Hall–Kier alpha value is -1.62. The highest BCUT2D eigenvalue weighted by Crippen LogP contribution is 2.39. The molecule has 3 aliphatic rings. The summed E-state index contributed by atoms with van der Waals surface area (Å²) in [7, 11) is 0. The van der Waals surface area contributed by atoms with E-state index < -0.39 is 23.9 Å². The molecule has 1 amide bonds. The van der Waals surface area contributed by atoms with E-state index in [-0.39, 0.29) is 12.0 Å². The Morgan fingerprint density at radius 1 is 1.24 bits per heavy atom. The zero-order valence-electron chi connectivity index (χ0n) is 12.0. The van der Waals surface area contributed by atoms with E-state index in [1.165, 1.54) is 18.4 Å². The van der Waals surface area contributed by atoms with Gasteiger partial charge in [0.15, 0.2) is 0 Å². The van der Waals surface area contributed by atoms with E-state index >= 15 is 0 Å². The highest BCUT2D eigenvalue weighted by atomic mass is 16.5. The van der Waals surface area contributed by atoms with E-state index in [9.17, 15) is 14.7 Å². The van der Waals surface area contributed by atoms with Crippen molar-refractivity contribution in [3.05, 3.63) is 23.8 Å². The van der Waals surface area contributed by atoms with Crippen molar-refractivity contribution >= 4 is 11.9 Å². The van der Waals surface area contributed by atoms with Crippen LogP contribution in [0.15, 0.2) is 23.8 Å². The number of aliphatic carboxylic acids is 1. The minimum absolute atomic E-state index is 0.198. The number of carbonyl (C=O) groups is 2. The average molecular weight is 291 g/mol. The monoisotopic (exact) mass is 291 g/mol. The zero-order chi connectivity index (χ0) is 14.8. The minimum atomic E-state index is -0.956. The Bertz CT molecular complexity index is 497. The molecule has 2 bridgehead atoms. The molecule has 0 saturated carbocycles. The van der Waals surface area contributed by atoms with Crippen molar-refractivity contribution in [3.8, 4) is 0 Å². The standard InChI is InChI=1S/C16H21NO4/c18-15(17-9-8-10-4-2-1-3-5-10)13-11-6-7-12(21-11)14(13)16(19)20/h4,6-7,11-14H,1-3,5,8-9H2,(H,17,18)(H,19,20)/t11-,12-,13+,14-/m1/s1. The maximum Gasteiger partial charge on any atom is 0.310 e. The van der Waals surface area contributed by atoms with E-state index in [1.54, 1.807) is 12.2 Å². The topological polar surface area (TPSA) is 75.6 Å². The van der Waals surface area contributed by atoms with Crippen LogP contribution in [0, 0.1) is 11.8 Å². The Kier molecular flexibility index (Phi) is 4.10. The average Bonchev–Trinajstić information content (AvgIpc) is 3.08. The molecule has 1 aliphatic carbocycles. The van der Waals surface area contributed by atoms with Gasteiger partial charge in [-0.15, -0.1) is 0 Å². The van der Waals surface area contributed by atoms with Crippen LogP contribution < -0.4 is 5.32 Å². The van der Waals surface area contributed by atoms with Gasteiger partial charge in [-0.1, -0.05) is 23.8 Å². The van der Waals surface area contributed by atoms with Crippen LogP contribution in [0.4, 0.5) is 0 Å². The van der Waals surface area contributed by atoms with Gasteiger partial charge in [0.2, 0.25) is 5.91 Å². The largest absolute Gasteiger partial charge is 0.481 e. The van der Waals surface area contributed by atoms with Crippen LogP contribution in [-0.2, 0) is 14.3 Å². The van der Waals surface area contributed by atoms with Crippen molar-refractivity contribution in [1.82, 2.24) is 5.32 Å². The minimum Gasteiger partial charge on any atom is -0.481 e. The predicted octanol–water partition coefficient (Wildman–Crippen LogP) is 1.65. The molecule has 0 spiro atoms. The summed E-state index contributed by atoms with van der Waals surface area (Å²) in [5, 5.41) is 12.2. The molecule has 3 rings (SSSR count). The number of amides is 1. The van der Waals surface area contributed by atoms with Crippen molar-refractivity contribution in [2.24, 2.45) is 11.8 Å². The summed E-state index contributed by atoms with van der Waals surface area (Å²) in [6.45, 7) is 0.578. The quantitative estimate of drug-likeness (QED) is 0.755. The fraction of sp³-hybridized carbons (Fsp3) is 0.625. The fourth-order valence-electron chi connectivity index (χ4n) is 3.51. The van der Waals surface area contributed by atoms with Crippen LogP contribution in [0.1, 0.15) is 32.1 Å². The van der Waals surface area contributed by atoms with Gasteiger partial charge in [-0.2, -0.15) is 0 Å². The number of hydrogen-bond acceptors (Lipinski definition) is 3. The molecule has 5 heteroatoms. The number of carboxylic acid groups (broad SMARTS) is 1. The summed E-state index contributed by atoms with van der Waals surface area (Å²) >= 11 is 0. The lowest BCUT2D eigenvalue weighted by molar-refractivity contribution is -0.146. The lowest BCUT2D eigenvalue weighted by atomic mass is 9.82. The van der Waals surface area contributed by atoms with E-state index in [4.69, 9.17) is 4.74 Å². The normalized spacial score (nSPS) is 33.8. The smallest absolute Gasteiger partial charge is 0.310 e. The summed E-state index contributed by atoms with van der Waals surface area (Å²) in [6, 6.07) is 0. The number of ether oxygens (including phenoxy) is 1. The van der Waals surface area contributed by atoms with E-state index in [0.717, 1.165) is 19.3 Å². The molecular formula is C16H21NO4. The molecule has 114 valence electrons. The summed E-state index contributed by atoms with van der Waals surface area (Å²) in [5.74, 6) is -2.51. The number of hydrogen-bond donors (Lipinski definition) is 2. The second-order valence-electron chi connectivity index (χ2n) is 5.99. The Labute approximate surface area is 124 Å². The molecule has 2 heterocycles. The second-order valence-corrected chi connectivity index (χ2v) is 5.99. The van der Waals surface area contributed by atoms with Gasteiger partial charge in [0.1, 0.15) is 5.92 Å². The fourth-order valence-corrected chi connectivity index (χ4v) is 3.51. The summed E-state index contributed by atoms with van der Waals surface area (Å²) in [5.41, 5.74) is 1.40. The third-order valence-electron chi connectivity index (χ3n) is 4.62. The lowest BCUT2D eigenvalue weighted by Gasteiger charge is -2.21. The molecule has 4 atom stereocenters. The first kappa shape index (κ1) is 14.3. The molecule has 2 aliphatic heterocycles. The third-order valence-corrected chi connectivity index (χ3v) is 4.62. The van der Waals surface area contributed by atoms with Gasteiger partial charge < -0.3 is 15.2 Å².